The van der Waals surface area contributed by atoms with Crippen LogP contribution in [0.25, 0.3) is 10.8 Å². The maximum Gasteiger partial charge on any atom is 0.275 e. The van der Waals surface area contributed by atoms with Gasteiger partial charge < -0.3 is 10.2 Å². The lowest BCUT2D eigenvalue weighted by Gasteiger charge is -2.15. The largest absolute Gasteiger partial charge is 0.349 e. The Kier molecular flexibility index (Phi) is 5.87. The average molecular weight is 317 g/mol. The fourth-order valence-electron chi connectivity index (χ4n) is 2.69. The number of nitrogens with one attached hydrogen (secondary N) is 2. The van der Waals surface area contributed by atoms with Crippen LogP contribution in [-0.4, -0.2) is 41.9 Å². The Morgan fingerprint density at radius 2 is 1.87 bits per heavy atom. The number of hydrogen-bond donors (Lipinski definition) is 2. The van der Waals surface area contributed by atoms with E-state index in [0.717, 1.165) is 30.7 Å². The van der Waals surface area contributed by atoms with Crippen molar-refractivity contribution in [3.8, 4) is 0 Å². The molecule has 1 heterocycles. The Hall–Kier alpha value is -2.21. The molecule has 1 aromatic heterocycles. The van der Waals surface area contributed by atoms with Gasteiger partial charge in [-0.15, -0.1) is 0 Å². The molecule has 124 valence electrons. The molecule has 0 saturated heterocycles. The topological polar surface area (TPSA) is 68.4 Å². The van der Waals surface area contributed by atoms with Gasteiger partial charge in [-0.3, -0.25) is 9.59 Å². The van der Waals surface area contributed by atoms with E-state index in [1.54, 1.807) is 6.07 Å². The molecule has 0 spiro atoms. The molecule has 0 aliphatic rings. The van der Waals surface area contributed by atoms with Gasteiger partial charge in [-0.25, -0.2) is 4.68 Å². The molecule has 0 atom stereocenters. The summed E-state index contributed by atoms with van der Waals surface area (Å²) in [5.41, 5.74) is 0.524. The molecule has 0 saturated carbocycles. The number of aromatic nitrogens is 2. The fourth-order valence-corrected chi connectivity index (χ4v) is 2.69. The second-order valence-electron chi connectivity index (χ2n) is 5.65. The van der Waals surface area contributed by atoms with Gasteiger partial charge in [0.1, 0.15) is 6.54 Å². The van der Waals surface area contributed by atoms with E-state index in [1.165, 1.54) is 9.58 Å². The fraction of sp³-hybridized carbons (Fsp3) is 0.471. The van der Waals surface area contributed by atoms with Gasteiger partial charge in [0.2, 0.25) is 5.91 Å². The molecular weight excluding hydrogens is 292 g/mol. The summed E-state index contributed by atoms with van der Waals surface area (Å²) < 4.78 is 1.25. The maximum absolute atomic E-state index is 12.4. The third-order valence-electron chi connectivity index (χ3n) is 4.15. The molecular formula is C17H25N4O2+. The van der Waals surface area contributed by atoms with Crippen LogP contribution < -0.4 is 15.8 Å². The molecule has 2 rings (SSSR count). The maximum atomic E-state index is 12.4. The minimum Gasteiger partial charge on any atom is -0.349 e. The minimum absolute atomic E-state index is 0.0436. The number of nitrogens with zero attached hydrogens (tertiary/aromatic N) is 2. The van der Waals surface area contributed by atoms with Gasteiger partial charge in [-0.1, -0.05) is 18.2 Å². The van der Waals surface area contributed by atoms with E-state index in [9.17, 15) is 9.59 Å². The molecule has 0 unspecified atom stereocenters. The number of aryl methyl sites for hydroxylation is 1. The van der Waals surface area contributed by atoms with Crippen LogP contribution in [0.3, 0.4) is 0 Å². The van der Waals surface area contributed by atoms with Gasteiger partial charge in [0, 0.05) is 5.39 Å². The number of benzene rings is 1. The Morgan fingerprint density at radius 3 is 2.52 bits per heavy atom. The lowest BCUT2D eigenvalue weighted by Crippen LogP contribution is -3.12. The van der Waals surface area contributed by atoms with Crippen LogP contribution in [0.5, 0.6) is 0 Å². The van der Waals surface area contributed by atoms with Crippen LogP contribution in [0.15, 0.2) is 29.1 Å². The number of hydrogen-bond acceptors (Lipinski definition) is 3. The zero-order valence-corrected chi connectivity index (χ0v) is 14.1. The monoisotopic (exact) mass is 317 g/mol. The predicted molar refractivity (Wildman–Crippen MR) is 90.7 cm³/mol. The van der Waals surface area contributed by atoms with Gasteiger partial charge in [0.05, 0.1) is 37.3 Å². The number of fused-ring (bicyclic) bond motifs is 1. The van der Waals surface area contributed by atoms with Gasteiger partial charge in [-0.2, -0.15) is 5.10 Å². The van der Waals surface area contributed by atoms with Gasteiger partial charge in [0.25, 0.3) is 5.56 Å². The van der Waals surface area contributed by atoms with Crippen molar-refractivity contribution in [2.24, 2.45) is 0 Å². The highest BCUT2D eigenvalue weighted by molar-refractivity contribution is 5.83. The summed E-state index contributed by atoms with van der Waals surface area (Å²) in [7, 11) is 0. The van der Waals surface area contributed by atoms with E-state index in [2.05, 4.69) is 24.3 Å². The van der Waals surface area contributed by atoms with Crippen molar-refractivity contribution < 1.29 is 9.69 Å². The third-order valence-corrected chi connectivity index (χ3v) is 4.15. The first-order valence-corrected chi connectivity index (χ1v) is 8.13. The molecule has 0 aliphatic carbocycles. The van der Waals surface area contributed by atoms with E-state index < -0.39 is 0 Å². The highest BCUT2D eigenvalue weighted by atomic mass is 16.2. The molecule has 23 heavy (non-hydrogen) atoms. The van der Waals surface area contributed by atoms with Gasteiger partial charge in [-0.05, 0) is 26.8 Å². The third kappa shape index (κ3) is 4.16. The van der Waals surface area contributed by atoms with Crippen molar-refractivity contribution in [3.63, 3.8) is 0 Å². The Labute approximate surface area is 136 Å². The van der Waals surface area contributed by atoms with Crippen LogP contribution in [0.4, 0.5) is 0 Å². The molecule has 2 N–H and O–H groups in total. The number of quaternary nitrogens is 1. The molecule has 0 radical (unpaired) electrons. The SMILES string of the molecule is CC[NH+](CC)CCNC(=O)Cn1nc(C)c2ccccc2c1=O. The standard InChI is InChI=1S/C17H24N4O2/c1-4-20(5-2)11-10-18-16(22)12-21-17(23)15-9-7-6-8-14(15)13(3)19-21/h6-9H,4-5,10-12H2,1-3H3,(H,18,22)/p+1. The zero-order valence-electron chi connectivity index (χ0n) is 14.1. The lowest BCUT2D eigenvalue weighted by atomic mass is 10.1. The summed E-state index contributed by atoms with van der Waals surface area (Å²) in [6.45, 7) is 9.63. The van der Waals surface area contributed by atoms with Crippen LogP contribution in [0.2, 0.25) is 0 Å². The van der Waals surface area contributed by atoms with Gasteiger partial charge in [0.15, 0.2) is 0 Å². The lowest BCUT2D eigenvalue weighted by molar-refractivity contribution is -0.895. The van der Waals surface area contributed by atoms with Crippen molar-refractivity contribution in [1.82, 2.24) is 15.1 Å². The highest BCUT2D eigenvalue weighted by Crippen LogP contribution is 2.11. The second kappa shape index (κ2) is 7.87. The Bertz CT molecular complexity index is 735. The minimum atomic E-state index is -0.226. The first-order chi connectivity index (χ1) is 11.1. The smallest absolute Gasteiger partial charge is 0.275 e. The quantitative estimate of drug-likeness (QED) is 0.740. The highest BCUT2D eigenvalue weighted by Gasteiger charge is 2.11. The predicted octanol–water partition coefficient (Wildman–Crippen LogP) is -0.254. The van der Waals surface area contributed by atoms with Crippen LogP contribution in [0.1, 0.15) is 19.5 Å². The van der Waals surface area contributed by atoms with Crippen molar-refractivity contribution in [2.75, 3.05) is 26.2 Å². The van der Waals surface area contributed by atoms with E-state index in [4.69, 9.17) is 0 Å². The Balaban J connectivity index is 2.06. The van der Waals surface area contributed by atoms with Crippen molar-refractivity contribution in [3.05, 3.63) is 40.3 Å². The molecule has 0 bridgehead atoms. The van der Waals surface area contributed by atoms with Gasteiger partial charge >= 0.3 is 0 Å². The van der Waals surface area contributed by atoms with E-state index in [-0.39, 0.29) is 18.0 Å². The summed E-state index contributed by atoms with van der Waals surface area (Å²) in [5, 5.41) is 8.55. The summed E-state index contributed by atoms with van der Waals surface area (Å²) >= 11 is 0. The first kappa shape index (κ1) is 17.1. The number of amides is 1. The first-order valence-electron chi connectivity index (χ1n) is 8.13. The normalized spacial score (nSPS) is 11.1. The van der Waals surface area contributed by atoms with Crippen molar-refractivity contribution in [1.29, 1.82) is 0 Å². The summed E-state index contributed by atoms with van der Waals surface area (Å²) in [4.78, 5) is 25.9. The van der Waals surface area contributed by atoms with Crippen LogP contribution >= 0.6 is 0 Å². The summed E-state index contributed by atoms with van der Waals surface area (Å²) in [5.74, 6) is -0.180. The molecule has 6 nitrogen and oxygen atoms in total. The second-order valence-corrected chi connectivity index (χ2v) is 5.65. The molecule has 0 fully saturated rings. The van der Waals surface area contributed by atoms with Crippen LogP contribution in [0, 0.1) is 6.92 Å². The summed E-state index contributed by atoms with van der Waals surface area (Å²) in [6, 6.07) is 7.34. The molecule has 1 aromatic carbocycles. The van der Waals surface area contributed by atoms with Crippen molar-refractivity contribution >= 4 is 16.7 Å². The molecule has 1 amide bonds. The number of carbonyl (C=O) groups excluding carboxylic acids is 1. The van der Waals surface area contributed by atoms with E-state index >= 15 is 0 Å². The summed E-state index contributed by atoms with van der Waals surface area (Å²) in [6.07, 6.45) is 0. The molecule has 0 aliphatic heterocycles. The Morgan fingerprint density at radius 1 is 1.22 bits per heavy atom. The number of likely N-dealkylation sites (N-methyl/N-ethyl adjacent to an activating group) is 1. The zero-order chi connectivity index (χ0) is 16.8. The van der Waals surface area contributed by atoms with Crippen molar-refractivity contribution in [2.45, 2.75) is 27.3 Å². The van der Waals surface area contributed by atoms with E-state index in [1.807, 2.05) is 25.1 Å². The average Bonchev–Trinajstić information content (AvgIpc) is 2.56. The van der Waals surface area contributed by atoms with Crippen LogP contribution in [-0.2, 0) is 11.3 Å². The molecule has 2 aromatic rings. The van der Waals surface area contributed by atoms with E-state index in [0.29, 0.717) is 11.9 Å². The number of rotatable bonds is 7. The molecule has 6 heteroatoms. The number of carbonyl (C=O) groups is 1.